The van der Waals surface area contributed by atoms with Gasteiger partial charge < -0.3 is 5.11 Å². The van der Waals surface area contributed by atoms with Crippen LogP contribution in [0.5, 0.6) is 0 Å². The van der Waals surface area contributed by atoms with E-state index in [1.807, 2.05) is 23.6 Å². The molecule has 20 heavy (non-hydrogen) atoms. The zero-order valence-electron chi connectivity index (χ0n) is 10.1. The molecule has 1 unspecified atom stereocenters. The van der Waals surface area contributed by atoms with E-state index < -0.39 is 6.10 Å². The third-order valence-electron chi connectivity index (χ3n) is 3.13. The molecule has 0 aliphatic heterocycles. The van der Waals surface area contributed by atoms with Crippen LogP contribution in [0.25, 0.3) is 10.1 Å². The van der Waals surface area contributed by atoms with Gasteiger partial charge in [0, 0.05) is 30.3 Å². The molecule has 3 rings (SSSR count). The molecule has 5 heteroatoms. The van der Waals surface area contributed by atoms with E-state index >= 15 is 0 Å². The normalized spacial score (nSPS) is 12.8. The number of fused-ring (bicyclic) bond motifs is 1. The van der Waals surface area contributed by atoms with Gasteiger partial charge in [0.05, 0.1) is 0 Å². The molecule has 1 nitrogen and oxygen atoms in total. The lowest BCUT2D eigenvalue weighted by atomic mass is 10.0. The second-order valence-electron chi connectivity index (χ2n) is 4.38. The van der Waals surface area contributed by atoms with Crippen molar-refractivity contribution >= 4 is 60.6 Å². The highest BCUT2D eigenvalue weighted by Gasteiger charge is 2.18. The second-order valence-corrected chi connectivity index (χ2v) is 6.95. The minimum absolute atomic E-state index is 0.472. The van der Waals surface area contributed by atoms with E-state index in [1.54, 1.807) is 29.5 Å². The van der Waals surface area contributed by atoms with Crippen LogP contribution in [0.15, 0.2) is 46.3 Å². The average Bonchev–Trinajstić information content (AvgIpc) is 2.83. The topological polar surface area (TPSA) is 20.2 Å². The Morgan fingerprint density at radius 3 is 2.65 bits per heavy atom. The van der Waals surface area contributed by atoms with Gasteiger partial charge in [-0.25, -0.2) is 0 Å². The number of aliphatic hydroxyl groups is 1. The van der Waals surface area contributed by atoms with Crippen LogP contribution in [0.1, 0.15) is 17.2 Å². The number of benzene rings is 2. The van der Waals surface area contributed by atoms with Crippen LogP contribution in [0.3, 0.4) is 0 Å². The molecule has 0 aliphatic rings. The lowest BCUT2D eigenvalue weighted by Gasteiger charge is -2.12. The Hall–Kier alpha value is -0.580. The Morgan fingerprint density at radius 2 is 1.90 bits per heavy atom. The van der Waals surface area contributed by atoms with Crippen LogP contribution in [0, 0.1) is 0 Å². The SMILES string of the molecule is OC(c1ccc(Cl)cc1Cl)c1csc2c(Br)cccc12. The van der Waals surface area contributed by atoms with Crippen molar-refractivity contribution in [2.24, 2.45) is 0 Å². The van der Waals surface area contributed by atoms with Gasteiger partial charge in [-0.1, -0.05) is 41.4 Å². The maximum absolute atomic E-state index is 10.6. The molecule has 0 bridgehead atoms. The molecule has 1 atom stereocenters. The Bertz CT molecular complexity index is 785. The summed E-state index contributed by atoms with van der Waals surface area (Å²) in [5.74, 6) is 0. The summed E-state index contributed by atoms with van der Waals surface area (Å²) in [6.07, 6.45) is -0.761. The lowest BCUT2D eigenvalue weighted by molar-refractivity contribution is 0.222. The van der Waals surface area contributed by atoms with Gasteiger partial charge in [0.15, 0.2) is 0 Å². The molecule has 0 fully saturated rings. The second kappa shape index (κ2) is 5.66. The van der Waals surface area contributed by atoms with Gasteiger partial charge in [0.2, 0.25) is 0 Å². The van der Waals surface area contributed by atoms with E-state index in [4.69, 9.17) is 23.2 Å². The number of hydrogen-bond acceptors (Lipinski definition) is 2. The first-order valence-electron chi connectivity index (χ1n) is 5.86. The third kappa shape index (κ3) is 2.49. The molecule has 0 spiro atoms. The Labute approximate surface area is 138 Å². The molecule has 1 aromatic heterocycles. The fourth-order valence-electron chi connectivity index (χ4n) is 2.14. The van der Waals surface area contributed by atoms with Crippen molar-refractivity contribution in [2.45, 2.75) is 6.10 Å². The highest BCUT2D eigenvalue weighted by Crippen LogP contribution is 2.39. The van der Waals surface area contributed by atoms with Crippen LogP contribution >= 0.6 is 50.5 Å². The van der Waals surface area contributed by atoms with E-state index in [-0.39, 0.29) is 0 Å². The van der Waals surface area contributed by atoms with E-state index in [1.165, 1.54) is 0 Å². The molecule has 1 heterocycles. The van der Waals surface area contributed by atoms with E-state index in [2.05, 4.69) is 15.9 Å². The van der Waals surface area contributed by atoms with Gasteiger partial charge in [0.25, 0.3) is 0 Å². The molecular formula is C15H9BrCl2OS. The van der Waals surface area contributed by atoms with Crippen LogP contribution < -0.4 is 0 Å². The number of hydrogen-bond donors (Lipinski definition) is 1. The zero-order chi connectivity index (χ0) is 14.3. The summed E-state index contributed by atoms with van der Waals surface area (Å²) in [7, 11) is 0. The van der Waals surface area contributed by atoms with Crippen molar-refractivity contribution in [3.05, 3.63) is 67.4 Å². The van der Waals surface area contributed by atoms with Crippen LogP contribution in [0.2, 0.25) is 10.0 Å². The van der Waals surface area contributed by atoms with Crippen molar-refractivity contribution in [3.63, 3.8) is 0 Å². The van der Waals surface area contributed by atoms with Gasteiger partial charge in [-0.05, 0) is 44.9 Å². The molecule has 3 aromatic rings. The summed E-state index contributed by atoms with van der Waals surface area (Å²) in [5, 5.41) is 14.6. The van der Waals surface area contributed by atoms with Crippen molar-refractivity contribution < 1.29 is 5.11 Å². The van der Waals surface area contributed by atoms with Crippen LogP contribution in [-0.2, 0) is 0 Å². The minimum Gasteiger partial charge on any atom is -0.384 e. The predicted molar refractivity (Wildman–Crippen MR) is 90.0 cm³/mol. The lowest BCUT2D eigenvalue weighted by Crippen LogP contribution is -1.99. The standard InChI is InChI=1S/C15H9BrCl2OS/c16-12-3-1-2-9-11(7-20-15(9)12)14(19)10-5-4-8(17)6-13(10)18/h1-7,14,19H. The molecule has 2 aromatic carbocycles. The Morgan fingerprint density at radius 1 is 1.10 bits per heavy atom. The summed E-state index contributed by atoms with van der Waals surface area (Å²) in [4.78, 5) is 0. The molecule has 0 amide bonds. The number of aliphatic hydroxyl groups excluding tert-OH is 1. The summed E-state index contributed by atoms with van der Waals surface area (Å²) in [5.41, 5.74) is 1.52. The third-order valence-corrected chi connectivity index (χ3v) is 5.67. The first-order valence-corrected chi connectivity index (χ1v) is 8.29. The number of halogens is 3. The molecule has 0 aliphatic carbocycles. The van der Waals surface area contributed by atoms with Gasteiger partial charge in [-0.2, -0.15) is 0 Å². The summed E-state index contributed by atoms with van der Waals surface area (Å²) < 4.78 is 2.15. The van der Waals surface area contributed by atoms with E-state index in [0.717, 1.165) is 20.1 Å². The molecule has 102 valence electrons. The highest BCUT2D eigenvalue weighted by atomic mass is 79.9. The molecular weight excluding hydrogens is 379 g/mol. The van der Waals surface area contributed by atoms with Gasteiger partial charge in [-0.3, -0.25) is 0 Å². The smallest absolute Gasteiger partial charge is 0.107 e. The Kier molecular flexibility index (Phi) is 4.07. The molecule has 0 radical (unpaired) electrons. The molecule has 1 N–H and O–H groups in total. The largest absolute Gasteiger partial charge is 0.384 e. The van der Waals surface area contributed by atoms with E-state index in [9.17, 15) is 5.11 Å². The summed E-state index contributed by atoms with van der Waals surface area (Å²) in [6.45, 7) is 0. The minimum atomic E-state index is -0.761. The number of rotatable bonds is 2. The summed E-state index contributed by atoms with van der Waals surface area (Å²) >= 11 is 17.2. The molecule has 0 saturated heterocycles. The summed E-state index contributed by atoms with van der Waals surface area (Å²) in [6, 6.07) is 11.1. The van der Waals surface area contributed by atoms with Crippen molar-refractivity contribution in [1.29, 1.82) is 0 Å². The van der Waals surface area contributed by atoms with Gasteiger partial charge in [0.1, 0.15) is 6.10 Å². The van der Waals surface area contributed by atoms with Crippen molar-refractivity contribution in [2.75, 3.05) is 0 Å². The van der Waals surface area contributed by atoms with Crippen LogP contribution in [0.4, 0.5) is 0 Å². The van der Waals surface area contributed by atoms with Crippen molar-refractivity contribution in [1.82, 2.24) is 0 Å². The quantitative estimate of drug-likeness (QED) is 0.567. The Balaban J connectivity index is 2.13. The first kappa shape index (κ1) is 14.4. The fourth-order valence-corrected chi connectivity index (χ4v) is 4.30. The van der Waals surface area contributed by atoms with Gasteiger partial charge >= 0.3 is 0 Å². The maximum atomic E-state index is 10.6. The monoisotopic (exact) mass is 386 g/mol. The fraction of sp³-hybridized carbons (Fsp3) is 0.0667. The zero-order valence-corrected chi connectivity index (χ0v) is 14.0. The van der Waals surface area contributed by atoms with Crippen molar-refractivity contribution in [3.8, 4) is 0 Å². The predicted octanol–water partition coefficient (Wildman–Crippen LogP) is 6.05. The maximum Gasteiger partial charge on any atom is 0.107 e. The first-order chi connectivity index (χ1) is 9.58. The number of thiophene rings is 1. The van der Waals surface area contributed by atoms with E-state index in [0.29, 0.717) is 15.6 Å². The van der Waals surface area contributed by atoms with Crippen LogP contribution in [-0.4, -0.2) is 5.11 Å². The van der Waals surface area contributed by atoms with Gasteiger partial charge in [-0.15, -0.1) is 11.3 Å². The molecule has 0 saturated carbocycles. The average molecular weight is 388 g/mol. The highest BCUT2D eigenvalue weighted by molar-refractivity contribution is 9.10.